The summed E-state index contributed by atoms with van der Waals surface area (Å²) in [4.78, 5) is 8.13. The largest absolute Gasteiger partial charge is 0.356 e. The summed E-state index contributed by atoms with van der Waals surface area (Å²) in [5, 5.41) is 14.3. The van der Waals surface area contributed by atoms with Crippen molar-refractivity contribution in [1.82, 2.24) is 15.6 Å². The molecule has 1 aromatic heterocycles. The highest BCUT2D eigenvalue weighted by atomic mass is 35.5. The average molecular weight is 238 g/mol. The molecule has 0 aliphatic carbocycles. The molecule has 6 heteroatoms. The quantitative estimate of drug-likeness (QED) is 0.273. The van der Waals surface area contributed by atoms with E-state index in [-0.39, 0.29) is 0 Å². The third-order valence-corrected chi connectivity index (χ3v) is 1.95. The first-order valence-corrected chi connectivity index (χ1v) is 5.18. The van der Waals surface area contributed by atoms with Gasteiger partial charge in [-0.25, -0.2) is 9.98 Å². The zero-order chi connectivity index (χ0) is 11.8. The van der Waals surface area contributed by atoms with Crippen LogP contribution >= 0.6 is 11.6 Å². The van der Waals surface area contributed by atoms with Gasteiger partial charge in [-0.2, -0.15) is 5.26 Å². The number of aliphatic imine (C=N–C) groups is 1. The molecule has 0 saturated carbocycles. The number of hydrogen-bond acceptors (Lipinski definition) is 3. The summed E-state index contributed by atoms with van der Waals surface area (Å²) in [6.45, 7) is 3.08. The van der Waals surface area contributed by atoms with E-state index >= 15 is 0 Å². The van der Waals surface area contributed by atoms with Crippen LogP contribution < -0.4 is 10.6 Å². The van der Waals surface area contributed by atoms with Crippen molar-refractivity contribution >= 4 is 17.6 Å². The lowest BCUT2D eigenvalue weighted by molar-refractivity contribution is 0.897. The summed E-state index contributed by atoms with van der Waals surface area (Å²) >= 11 is 5.66. The molecule has 1 heterocycles. The minimum Gasteiger partial charge on any atom is -0.356 e. The van der Waals surface area contributed by atoms with Gasteiger partial charge in [0.1, 0.15) is 5.15 Å². The van der Waals surface area contributed by atoms with Crippen molar-refractivity contribution in [3.63, 3.8) is 0 Å². The molecule has 0 amide bonds. The number of nitriles is 1. The fraction of sp³-hybridized carbons (Fsp3) is 0.300. The summed E-state index contributed by atoms with van der Waals surface area (Å²) < 4.78 is 0. The van der Waals surface area contributed by atoms with Gasteiger partial charge in [0.05, 0.1) is 6.54 Å². The molecule has 16 heavy (non-hydrogen) atoms. The van der Waals surface area contributed by atoms with Crippen molar-refractivity contribution in [2.75, 3.05) is 6.54 Å². The minimum absolute atomic E-state index is 0.446. The van der Waals surface area contributed by atoms with Gasteiger partial charge in [0, 0.05) is 12.7 Å². The smallest absolute Gasteiger partial charge is 0.205 e. The molecule has 0 unspecified atom stereocenters. The van der Waals surface area contributed by atoms with E-state index in [9.17, 15) is 0 Å². The lowest BCUT2D eigenvalue weighted by Gasteiger charge is -2.04. The molecule has 84 valence electrons. The zero-order valence-corrected chi connectivity index (χ0v) is 9.62. The van der Waals surface area contributed by atoms with Crippen molar-refractivity contribution in [2.45, 2.75) is 13.5 Å². The van der Waals surface area contributed by atoms with E-state index in [4.69, 9.17) is 16.9 Å². The van der Waals surface area contributed by atoms with Crippen LogP contribution in [0.3, 0.4) is 0 Å². The number of guanidine groups is 1. The van der Waals surface area contributed by atoms with Crippen LogP contribution in [0.2, 0.25) is 5.15 Å². The Hall–Kier alpha value is -1.80. The number of nitrogens with one attached hydrogen (secondary N) is 2. The first-order chi connectivity index (χ1) is 7.76. The maximum atomic E-state index is 8.49. The van der Waals surface area contributed by atoms with Crippen LogP contribution in [0.5, 0.6) is 0 Å². The second kappa shape index (κ2) is 6.64. The van der Waals surface area contributed by atoms with E-state index in [1.165, 1.54) is 0 Å². The van der Waals surface area contributed by atoms with Gasteiger partial charge < -0.3 is 5.32 Å². The normalized spacial score (nSPS) is 10.7. The molecule has 0 aromatic carbocycles. The molecule has 0 saturated heterocycles. The molecule has 1 aromatic rings. The van der Waals surface area contributed by atoms with E-state index in [0.29, 0.717) is 24.2 Å². The van der Waals surface area contributed by atoms with Crippen molar-refractivity contribution in [2.24, 2.45) is 4.99 Å². The molecule has 0 radical (unpaired) electrons. The van der Waals surface area contributed by atoms with Gasteiger partial charge in [-0.1, -0.05) is 17.7 Å². The first kappa shape index (κ1) is 12.3. The third-order valence-electron chi connectivity index (χ3n) is 1.73. The van der Waals surface area contributed by atoms with Gasteiger partial charge in [-0.3, -0.25) is 5.32 Å². The van der Waals surface area contributed by atoms with E-state index < -0.39 is 0 Å². The summed E-state index contributed by atoms with van der Waals surface area (Å²) in [6.07, 6.45) is 3.47. The van der Waals surface area contributed by atoms with Crippen LogP contribution in [0.1, 0.15) is 12.5 Å². The summed E-state index contributed by atoms with van der Waals surface area (Å²) in [7, 11) is 0. The number of halogens is 1. The Balaban J connectivity index is 2.62. The summed E-state index contributed by atoms with van der Waals surface area (Å²) in [6, 6.07) is 3.55. The Morgan fingerprint density at radius 3 is 3.00 bits per heavy atom. The predicted octanol–water partition coefficient (Wildman–Crippen LogP) is 1.27. The van der Waals surface area contributed by atoms with E-state index in [1.807, 2.05) is 19.2 Å². The molecule has 0 atom stereocenters. The van der Waals surface area contributed by atoms with Gasteiger partial charge in [-0.15, -0.1) is 0 Å². The molecule has 5 nitrogen and oxygen atoms in total. The summed E-state index contributed by atoms with van der Waals surface area (Å²) in [5.41, 5.74) is 0.930. The second-order valence-electron chi connectivity index (χ2n) is 2.92. The molecular weight excluding hydrogens is 226 g/mol. The monoisotopic (exact) mass is 237 g/mol. The lowest BCUT2D eigenvalue weighted by atomic mass is 10.3. The molecule has 1 rings (SSSR count). The Morgan fingerprint density at radius 2 is 2.44 bits per heavy atom. The minimum atomic E-state index is 0.446. The fourth-order valence-electron chi connectivity index (χ4n) is 1.03. The van der Waals surface area contributed by atoms with Crippen LogP contribution in [-0.2, 0) is 6.54 Å². The zero-order valence-electron chi connectivity index (χ0n) is 8.87. The third kappa shape index (κ3) is 4.15. The van der Waals surface area contributed by atoms with Gasteiger partial charge in [0.2, 0.25) is 5.96 Å². The highest BCUT2D eigenvalue weighted by Gasteiger charge is 1.96. The van der Waals surface area contributed by atoms with E-state index in [1.54, 1.807) is 12.3 Å². The van der Waals surface area contributed by atoms with Gasteiger partial charge in [0.25, 0.3) is 0 Å². The Bertz CT molecular complexity index is 393. The van der Waals surface area contributed by atoms with Crippen molar-refractivity contribution in [1.29, 1.82) is 5.26 Å². The van der Waals surface area contributed by atoms with Crippen LogP contribution in [-0.4, -0.2) is 17.5 Å². The Morgan fingerprint density at radius 1 is 1.62 bits per heavy atom. The van der Waals surface area contributed by atoms with Crippen LogP contribution in [0.4, 0.5) is 0 Å². The molecule has 0 fully saturated rings. The lowest BCUT2D eigenvalue weighted by Crippen LogP contribution is -2.34. The fourth-order valence-corrected chi connectivity index (χ4v) is 1.14. The molecular formula is C10H12ClN5. The first-order valence-electron chi connectivity index (χ1n) is 4.80. The van der Waals surface area contributed by atoms with Gasteiger partial charge in [0.15, 0.2) is 6.19 Å². The Kier molecular flexibility index (Phi) is 5.09. The second-order valence-corrected chi connectivity index (χ2v) is 3.31. The molecule has 0 aliphatic heterocycles. The topological polar surface area (TPSA) is 73.1 Å². The standard InChI is InChI=1S/C10H12ClN5/c1-2-13-10(16-7-12)15-6-8-3-4-9(11)14-5-8/h3-5H,2,6H2,1H3,(H2,13,15,16). The number of rotatable bonds is 3. The average Bonchev–Trinajstić information content (AvgIpc) is 2.29. The number of nitrogens with zero attached hydrogens (tertiary/aromatic N) is 3. The molecule has 0 bridgehead atoms. The maximum absolute atomic E-state index is 8.49. The van der Waals surface area contributed by atoms with Crippen LogP contribution in [0.15, 0.2) is 23.3 Å². The van der Waals surface area contributed by atoms with Gasteiger partial charge in [-0.05, 0) is 18.6 Å². The van der Waals surface area contributed by atoms with Crippen molar-refractivity contribution in [3.8, 4) is 6.19 Å². The van der Waals surface area contributed by atoms with Crippen LogP contribution in [0, 0.1) is 11.5 Å². The highest BCUT2D eigenvalue weighted by Crippen LogP contribution is 2.05. The van der Waals surface area contributed by atoms with E-state index in [0.717, 1.165) is 5.56 Å². The molecule has 2 N–H and O–H groups in total. The van der Waals surface area contributed by atoms with Crippen molar-refractivity contribution < 1.29 is 0 Å². The van der Waals surface area contributed by atoms with E-state index in [2.05, 4.69) is 20.6 Å². The van der Waals surface area contributed by atoms with Crippen molar-refractivity contribution in [3.05, 3.63) is 29.0 Å². The maximum Gasteiger partial charge on any atom is 0.205 e. The van der Waals surface area contributed by atoms with Crippen LogP contribution in [0.25, 0.3) is 0 Å². The number of pyridine rings is 1. The molecule has 0 aliphatic rings. The summed E-state index contributed by atoms with van der Waals surface area (Å²) in [5.74, 6) is 0.458. The highest BCUT2D eigenvalue weighted by molar-refractivity contribution is 6.29. The van der Waals surface area contributed by atoms with Gasteiger partial charge >= 0.3 is 0 Å². The number of hydrogen-bond donors (Lipinski definition) is 2. The Labute approximate surface area is 99.2 Å². The number of aromatic nitrogens is 1. The SMILES string of the molecule is CCNC(=NCc1ccc(Cl)nc1)NC#N. The molecule has 0 spiro atoms. The predicted molar refractivity (Wildman–Crippen MR) is 62.8 cm³/mol.